The molecule has 3 unspecified atom stereocenters. The Labute approximate surface area is 175 Å². The number of rotatable bonds is 6. The van der Waals surface area contributed by atoms with Gasteiger partial charge in [-0.2, -0.15) is 0 Å². The monoisotopic (exact) mass is 415 g/mol. The molecule has 160 valence electrons. The first-order valence-electron chi connectivity index (χ1n) is 10.6. The number of carbonyl (C=O) groups excluding carboxylic acids is 1. The van der Waals surface area contributed by atoms with Gasteiger partial charge in [0, 0.05) is 25.9 Å². The predicted octanol–water partition coefficient (Wildman–Crippen LogP) is 3.61. The summed E-state index contributed by atoms with van der Waals surface area (Å²) in [5.41, 5.74) is 1.58. The number of nitrogens with one attached hydrogen (secondary N) is 1. The number of hydrogen-bond donors (Lipinski definition) is 1. The van der Waals surface area contributed by atoms with Gasteiger partial charge in [-0.1, -0.05) is 12.1 Å². The first kappa shape index (κ1) is 20.9. The standard InChI is InChI=1S/C23H27F2N3O2/c24-18-9-8-16(13-19(18)25)14-28-11-3-5-17(15-28)22(20-6-1-2-10-26-20)27-23(29)21-7-4-12-30-21/h1-2,6,8-10,13,17,21-22H,3-5,7,11-12,14-15H2,(H,27,29). The molecule has 1 N–H and O–H groups in total. The Balaban J connectivity index is 1.48. The van der Waals surface area contributed by atoms with E-state index in [0.29, 0.717) is 13.2 Å². The molecule has 3 atom stereocenters. The largest absolute Gasteiger partial charge is 0.368 e. The lowest BCUT2D eigenvalue weighted by Crippen LogP contribution is -2.45. The van der Waals surface area contributed by atoms with Crippen LogP contribution in [-0.2, 0) is 16.1 Å². The Morgan fingerprint density at radius 1 is 1.20 bits per heavy atom. The van der Waals surface area contributed by atoms with Crippen molar-refractivity contribution in [1.29, 1.82) is 0 Å². The van der Waals surface area contributed by atoms with Gasteiger partial charge in [0.25, 0.3) is 0 Å². The van der Waals surface area contributed by atoms with E-state index in [0.717, 1.165) is 50.0 Å². The van der Waals surface area contributed by atoms with Crippen molar-refractivity contribution in [1.82, 2.24) is 15.2 Å². The van der Waals surface area contributed by atoms with E-state index in [1.54, 1.807) is 12.3 Å². The molecular formula is C23H27F2N3O2. The van der Waals surface area contributed by atoms with Crippen LogP contribution in [-0.4, -0.2) is 41.6 Å². The molecule has 1 amide bonds. The number of piperidine rings is 1. The lowest BCUT2D eigenvalue weighted by atomic mass is 9.88. The van der Waals surface area contributed by atoms with Gasteiger partial charge in [-0.05, 0) is 68.0 Å². The third kappa shape index (κ3) is 5.02. The van der Waals surface area contributed by atoms with Crippen molar-refractivity contribution >= 4 is 5.91 Å². The fourth-order valence-corrected chi connectivity index (χ4v) is 4.43. The maximum absolute atomic E-state index is 13.6. The molecule has 0 saturated carbocycles. The Morgan fingerprint density at radius 3 is 2.83 bits per heavy atom. The molecule has 0 spiro atoms. The van der Waals surface area contributed by atoms with Crippen molar-refractivity contribution in [3.8, 4) is 0 Å². The topological polar surface area (TPSA) is 54.5 Å². The fraction of sp³-hybridized carbons (Fsp3) is 0.478. The third-order valence-electron chi connectivity index (χ3n) is 5.93. The summed E-state index contributed by atoms with van der Waals surface area (Å²) in [6.07, 6.45) is 4.92. The number of aromatic nitrogens is 1. The second kappa shape index (κ2) is 9.62. The van der Waals surface area contributed by atoms with Gasteiger partial charge in [0.1, 0.15) is 6.10 Å². The number of amides is 1. The van der Waals surface area contributed by atoms with E-state index >= 15 is 0 Å². The Kier molecular flexibility index (Phi) is 6.69. The molecule has 2 fully saturated rings. The van der Waals surface area contributed by atoms with Crippen LogP contribution in [0.4, 0.5) is 8.78 Å². The molecule has 1 aromatic carbocycles. The van der Waals surface area contributed by atoms with Crippen LogP contribution in [0.15, 0.2) is 42.6 Å². The minimum atomic E-state index is -0.831. The van der Waals surface area contributed by atoms with Gasteiger partial charge < -0.3 is 10.1 Å². The molecule has 3 heterocycles. The van der Waals surface area contributed by atoms with Gasteiger partial charge in [-0.25, -0.2) is 8.78 Å². The Bertz CT molecular complexity index is 859. The minimum absolute atomic E-state index is 0.0825. The van der Waals surface area contributed by atoms with Crippen molar-refractivity contribution in [3.05, 3.63) is 65.5 Å². The lowest BCUT2D eigenvalue weighted by Gasteiger charge is -2.37. The van der Waals surface area contributed by atoms with E-state index in [9.17, 15) is 13.6 Å². The highest BCUT2D eigenvalue weighted by Gasteiger charge is 2.33. The van der Waals surface area contributed by atoms with Crippen LogP contribution in [0.25, 0.3) is 0 Å². The van der Waals surface area contributed by atoms with E-state index in [1.165, 1.54) is 12.1 Å². The molecule has 2 saturated heterocycles. The SMILES string of the molecule is O=C(NC(c1ccccn1)C1CCCN(Cc2ccc(F)c(F)c2)C1)C1CCCO1. The second-order valence-electron chi connectivity index (χ2n) is 8.13. The molecule has 2 aliphatic heterocycles. The molecule has 5 nitrogen and oxygen atoms in total. The molecule has 1 aromatic heterocycles. The number of nitrogens with zero attached hydrogens (tertiary/aromatic N) is 2. The molecule has 0 radical (unpaired) electrons. The molecule has 0 bridgehead atoms. The van der Waals surface area contributed by atoms with Crippen molar-refractivity contribution in [2.24, 2.45) is 5.92 Å². The van der Waals surface area contributed by atoms with E-state index in [-0.39, 0.29) is 17.9 Å². The average Bonchev–Trinajstić information content (AvgIpc) is 3.30. The predicted molar refractivity (Wildman–Crippen MR) is 108 cm³/mol. The minimum Gasteiger partial charge on any atom is -0.368 e. The summed E-state index contributed by atoms with van der Waals surface area (Å²) in [5.74, 6) is -1.57. The van der Waals surface area contributed by atoms with Crippen LogP contribution < -0.4 is 5.32 Å². The number of likely N-dealkylation sites (tertiary alicyclic amines) is 1. The summed E-state index contributed by atoms with van der Waals surface area (Å²) in [5, 5.41) is 3.18. The zero-order valence-corrected chi connectivity index (χ0v) is 16.9. The van der Waals surface area contributed by atoms with Crippen molar-refractivity contribution in [2.45, 2.75) is 44.4 Å². The summed E-state index contributed by atoms with van der Waals surface area (Å²) >= 11 is 0. The molecule has 0 aliphatic carbocycles. The van der Waals surface area contributed by atoms with Gasteiger partial charge in [-0.3, -0.25) is 14.7 Å². The van der Waals surface area contributed by atoms with Gasteiger partial charge in [0.2, 0.25) is 5.91 Å². The lowest BCUT2D eigenvalue weighted by molar-refractivity contribution is -0.131. The summed E-state index contributed by atoms with van der Waals surface area (Å²) < 4.78 is 32.4. The highest BCUT2D eigenvalue weighted by atomic mass is 19.2. The van der Waals surface area contributed by atoms with Gasteiger partial charge in [0.05, 0.1) is 11.7 Å². The normalized spacial score (nSPS) is 23.3. The molecular weight excluding hydrogens is 388 g/mol. The Hall–Kier alpha value is -2.38. The fourth-order valence-electron chi connectivity index (χ4n) is 4.43. The van der Waals surface area contributed by atoms with E-state index in [1.807, 2.05) is 18.2 Å². The summed E-state index contributed by atoms with van der Waals surface area (Å²) in [6.45, 7) is 2.79. The first-order valence-corrected chi connectivity index (χ1v) is 10.6. The maximum atomic E-state index is 13.6. The van der Waals surface area contributed by atoms with E-state index < -0.39 is 17.7 Å². The summed E-state index contributed by atoms with van der Waals surface area (Å²) in [6, 6.07) is 9.56. The number of benzene rings is 1. The van der Waals surface area contributed by atoms with Crippen LogP contribution in [0.1, 0.15) is 43.0 Å². The van der Waals surface area contributed by atoms with Gasteiger partial charge in [-0.15, -0.1) is 0 Å². The second-order valence-corrected chi connectivity index (χ2v) is 8.13. The van der Waals surface area contributed by atoms with E-state index in [4.69, 9.17) is 4.74 Å². The van der Waals surface area contributed by atoms with Crippen LogP contribution >= 0.6 is 0 Å². The van der Waals surface area contributed by atoms with Crippen LogP contribution in [0.5, 0.6) is 0 Å². The van der Waals surface area contributed by atoms with Gasteiger partial charge >= 0.3 is 0 Å². The smallest absolute Gasteiger partial charge is 0.249 e. The number of pyridine rings is 1. The Morgan fingerprint density at radius 2 is 2.10 bits per heavy atom. The number of halogens is 2. The molecule has 7 heteroatoms. The van der Waals surface area contributed by atoms with Crippen molar-refractivity contribution in [2.75, 3.05) is 19.7 Å². The highest BCUT2D eigenvalue weighted by Crippen LogP contribution is 2.30. The number of hydrogen-bond acceptors (Lipinski definition) is 4. The van der Waals surface area contributed by atoms with Crippen LogP contribution in [0.2, 0.25) is 0 Å². The third-order valence-corrected chi connectivity index (χ3v) is 5.93. The highest BCUT2D eigenvalue weighted by molar-refractivity contribution is 5.81. The summed E-state index contributed by atoms with van der Waals surface area (Å²) in [7, 11) is 0. The average molecular weight is 415 g/mol. The molecule has 4 rings (SSSR count). The van der Waals surface area contributed by atoms with Crippen LogP contribution in [0.3, 0.4) is 0 Å². The van der Waals surface area contributed by atoms with Crippen molar-refractivity contribution < 1.29 is 18.3 Å². The zero-order valence-electron chi connectivity index (χ0n) is 16.9. The number of ether oxygens (including phenoxy) is 1. The van der Waals surface area contributed by atoms with Crippen LogP contribution in [0, 0.1) is 17.6 Å². The summed E-state index contributed by atoms with van der Waals surface area (Å²) in [4.78, 5) is 19.5. The molecule has 2 aromatic rings. The zero-order chi connectivity index (χ0) is 20.9. The maximum Gasteiger partial charge on any atom is 0.249 e. The molecule has 2 aliphatic rings. The van der Waals surface area contributed by atoms with E-state index in [2.05, 4.69) is 15.2 Å². The quantitative estimate of drug-likeness (QED) is 0.783. The van der Waals surface area contributed by atoms with Gasteiger partial charge in [0.15, 0.2) is 11.6 Å². The number of carbonyl (C=O) groups is 1. The molecule has 30 heavy (non-hydrogen) atoms. The first-order chi connectivity index (χ1) is 14.6. The van der Waals surface area contributed by atoms with Crippen molar-refractivity contribution in [3.63, 3.8) is 0 Å².